The molecule has 0 aromatic rings. The van der Waals surface area contributed by atoms with Crippen molar-refractivity contribution >= 4 is 41.8 Å². The molecule has 78 valence electrons. The second kappa shape index (κ2) is 4.63. The summed E-state index contributed by atoms with van der Waals surface area (Å²) in [6.45, 7) is -0.407. The lowest BCUT2D eigenvalue weighted by atomic mass is 10.2. The van der Waals surface area contributed by atoms with Crippen LogP contribution in [-0.4, -0.2) is 34.7 Å². The predicted molar refractivity (Wildman–Crippen MR) is 53.1 cm³/mol. The first-order valence-electron chi connectivity index (χ1n) is 3.67. The minimum absolute atomic E-state index is 0.0572. The molecule has 8 heteroatoms. The number of carboxylic acid groups (broad SMARTS) is 1. The van der Waals surface area contributed by atoms with Crippen LogP contribution in [0.3, 0.4) is 0 Å². The number of carboxylic acids is 1. The molecule has 3 N–H and O–H groups in total. The van der Waals surface area contributed by atoms with Crippen LogP contribution in [0, 0.1) is 0 Å². The van der Waals surface area contributed by atoms with Crippen LogP contribution >= 0.6 is 23.7 Å². The summed E-state index contributed by atoms with van der Waals surface area (Å²) < 4.78 is 6.44. The highest BCUT2D eigenvalue weighted by atomic mass is 35.5. The summed E-state index contributed by atoms with van der Waals surface area (Å²) >= 11 is 6.93. The van der Waals surface area contributed by atoms with E-state index in [0.717, 1.165) is 12.1 Å². The molecule has 1 aliphatic heterocycles. The van der Waals surface area contributed by atoms with E-state index in [9.17, 15) is 9.59 Å². The van der Waals surface area contributed by atoms with Crippen LogP contribution in [0.25, 0.3) is 0 Å². The van der Waals surface area contributed by atoms with Gasteiger partial charge in [-0.1, -0.05) is 11.6 Å². The third-order valence-corrected chi connectivity index (χ3v) is 2.48. The highest BCUT2D eigenvalue weighted by Crippen LogP contribution is 2.23. The van der Waals surface area contributed by atoms with Gasteiger partial charge in [0, 0.05) is 0 Å². The third kappa shape index (κ3) is 3.52. The van der Waals surface area contributed by atoms with Crippen LogP contribution in [0.2, 0.25) is 0 Å². The lowest BCUT2D eigenvalue weighted by Gasteiger charge is -2.15. The van der Waals surface area contributed by atoms with Gasteiger partial charge in [0.05, 0.1) is 24.8 Å². The number of alkyl halides is 1. The largest absolute Gasteiger partial charge is 0.480 e. The second-order valence-corrected chi connectivity index (χ2v) is 3.91. The molecular weight excluding hydrogens is 230 g/mol. The molecule has 1 aliphatic rings. The molecular formula is C6H8ClN3O3S. The van der Waals surface area contributed by atoms with Gasteiger partial charge in [-0.05, 0) is 0 Å². The molecule has 0 aliphatic carbocycles. The van der Waals surface area contributed by atoms with E-state index in [4.69, 9.17) is 16.7 Å². The van der Waals surface area contributed by atoms with Crippen molar-refractivity contribution in [2.45, 2.75) is 11.4 Å². The van der Waals surface area contributed by atoms with E-state index in [1.807, 2.05) is 0 Å². The standard InChI is InChI=1S/C6H8ClN3O3S/c7-6(3-9-14-10-6)1-4(11)8-2-5(12)13/h3,10H,1-2H2,(H,8,11)(H,12,13). The van der Waals surface area contributed by atoms with Gasteiger partial charge in [-0.2, -0.15) is 0 Å². The quantitative estimate of drug-likeness (QED) is 0.356. The zero-order valence-electron chi connectivity index (χ0n) is 6.99. The van der Waals surface area contributed by atoms with Crippen molar-refractivity contribution in [3.8, 4) is 0 Å². The first kappa shape index (κ1) is 11.3. The molecule has 1 atom stereocenters. The number of carbonyl (C=O) groups excluding carboxylic acids is 1. The zero-order chi connectivity index (χ0) is 10.6. The van der Waals surface area contributed by atoms with Gasteiger partial charge in [-0.25, -0.2) is 9.12 Å². The first-order valence-corrected chi connectivity index (χ1v) is 4.82. The van der Waals surface area contributed by atoms with Crippen LogP contribution in [0.5, 0.6) is 0 Å². The minimum Gasteiger partial charge on any atom is -0.480 e. The number of rotatable bonds is 4. The Hall–Kier alpha value is -0.790. The van der Waals surface area contributed by atoms with Crippen molar-refractivity contribution in [3.05, 3.63) is 0 Å². The van der Waals surface area contributed by atoms with Crippen molar-refractivity contribution < 1.29 is 14.7 Å². The number of carbonyl (C=O) groups is 2. The smallest absolute Gasteiger partial charge is 0.322 e. The molecule has 1 heterocycles. The van der Waals surface area contributed by atoms with Gasteiger partial charge in [0.2, 0.25) is 5.91 Å². The molecule has 0 spiro atoms. The molecule has 0 aromatic carbocycles. The average Bonchev–Trinajstić information content (AvgIpc) is 2.48. The Bertz CT molecular complexity index is 285. The fourth-order valence-electron chi connectivity index (χ4n) is 0.791. The molecule has 6 nitrogen and oxygen atoms in total. The molecule has 1 rings (SSSR count). The van der Waals surface area contributed by atoms with Gasteiger partial charge in [0.25, 0.3) is 0 Å². The van der Waals surface area contributed by atoms with Crippen molar-refractivity contribution in [1.82, 2.24) is 10.0 Å². The molecule has 1 unspecified atom stereocenters. The maximum Gasteiger partial charge on any atom is 0.322 e. The first-order chi connectivity index (χ1) is 6.52. The van der Waals surface area contributed by atoms with Crippen LogP contribution < -0.4 is 10.0 Å². The molecule has 0 saturated carbocycles. The van der Waals surface area contributed by atoms with E-state index in [2.05, 4.69) is 14.4 Å². The summed E-state index contributed by atoms with van der Waals surface area (Å²) in [6.07, 6.45) is 1.35. The number of amides is 1. The van der Waals surface area contributed by atoms with Crippen LogP contribution in [-0.2, 0) is 9.59 Å². The topological polar surface area (TPSA) is 90.8 Å². The van der Waals surface area contributed by atoms with E-state index in [0.29, 0.717) is 0 Å². The third-order valence-electron chi connectivity index (χ3n) is 1.38. The van der Waals surface area contributed by atoms with E-state index < -0.39 is 23.4 Å². The Morgan fingerprint density at radius 3 is 2.93 bits per heavy atom. The Labute approximate surface area is 89.4 Å². The number of hydrogen-bond acceptors (Lipinski definition) is 5. The Balaban J connectivity index is 2.33. The summed E-state index contributed by atoms with van der Waals surface area (Å²) in [4.78, 5) is 20.3. The number of hydrogen-bond donors (Lipinski definition) is 3. The number of nitrogens with zero attached hydrogens (tertiary/aromatic N) is 1. The van der Waals surface area contributed by atoms with E-state index in [-0.39, 0.29) is 6.42 Å². The van der Waals surface area contributed by atoms with Crippen molar-refractivity contribution in [2.24, 2.45) is 4.40 Å². The van der Waals surface area contributed by atoms with E-state index >= 15 is 0 Å². The summed E-state index contributed by atoms with van der Waals surface area (Å²) in [6, 6.07) is 0. The second-order valence-electron chi connectivity index (χ2n) is 2.64. The molecule has 0 bridgehead atoms. The number of aliphatic carboxylic acids is 1. The Morgan fingerprint density at radius 2 is 2.43 bits per heavy atom. The van der Waals surface area contributed by atoms with E-state index in [1.54, 1.807) is 0 Å². The van der Waals surface area contributed by atoms with Crippen molar-refractivity contribution in [1.29, 1.82) is 0 Å². The van der Waals surface area contributed by atoms with Crippen molar-refractivity contribution in [3.63, 3.8) is 0 Å². The van der Waals surface area contributed by atoms with Gasteiger partial charge < -0.3 is 10.4 Å². The summed E-state index contributed by atoms with van der Waals surface area (Å²) in [5.74, 6) is -1.53. The fourth-order valence-corrected chi connectivity index (χ4v) is 1.68. The van der Waals surface area contributed by atoms with Crippen LogP contribution in [0.15, 0.2) is 4.40 Å². The maximum absolute atomic E-state index is 11.1. The molecule has 0 fully saturated rings. The van der Waals surface area contributed by atoms with Gasteiger partial charge in [-0.15, -0.1) is 0 Å². The normalized spacial score (nSPS) is 24.9. The van der Waals surface area contributed by atoms with E-state index in [1.165, 1.54) is 6.21 Å². The lowest BCUT2D eigenvalue weighted by Crippen LogP contribution is -2.41. The van der Waals surface area contributed by atoms with Gasteiger partial charge >= 0.3 is 5.97 Å². The Morgan fingerprint density at radius 1 is 1.71 bits per heavy atom. The van der Waals surface area contributed by atoms with Gasteiger partial charge in [0.1, 0.15) is 11.5 Å². The highest BCUT2D eigenvalue weighted by Gasteiger charge is 2.31. The lowest BCUT2D eigenvalue weighted by molar-refractivity contribution is -0.138. The average molecular weight is 238 g/mol. The number of nitrogens with one attached hydrogen (secondary N) is 2. The highest BCUT2D eigenvalue weighted by molar-refractivity contribution is 7.96. The Kier molecular flexibility index (Phi) is 3.73. The SMILES string of the molecule is O=C(O)CNC(=O)CC1(Cl)C=NSN1. The maximum atomic E-state index is 11.1. The molecule has 1 amide bonds. The molecule has 14 heavy (non-hydrogen) atoms. The van der Waals surface area contributed by atoms with Gasteiger partial charge in [-0.3, -0.25) is 9.59 Å². The minimum atomic E-state index is -1.09. The molecule has 0 aromatic heterocycles. The zero-order valence-corrected chi connectivity index (χ0v) is 8.56. The van der Waals surface area contributed by atoms with Crippen LogP contribution in [0.1, 0.15) is 6.42 Å². The van der Waals surface area contributed by atoms with Gasteiger partial charge in [0.15, 0.2) is 0 Å². The molecule has 0 saturated heterocycles. The van der Waals surface area contributed by atoms with Crippen LogP contribution in [0.4, 0.5) is 0 Å². The monoisotopic (exact) mass is 237 g/mol. The van der Waals surface area contributed by atoms with Crippen molar-refractivity contribution in [2.75, 3.05) is 6.54 Å². The molecule has 0 radical (unpaired) electrons. The number of halogens is 1. The summed E-state index contributed by atoms with van der Waals surface area (Å²) in [5.41, 5.74) is 0. The summed E-state index contributed by atoms with van der Waals surface area (Å²) in [7, 11) is 0. The summed E-state index contributed by atoms with van der Waals surface area (Å²) in [5, 5.41) is 10.5. The predicted octanol–water partition coefficient (Wildman–Crippen LogP) is -0.250. The fraction of sp³-hybridized carbons (Fsp3) is 0.500.